The first kappa shape index (κ1) is 47.3. The number of phenols is 2. The summed E-state index contributed by atoms with van der Waals surface area (Å²) in [4.78, 5) is 69.3. The van der Waals surface area contributed by atoms with E-state index in [0.29, 0.717) is 47.9 Å². The van der Waals surface area contributed by atoms with E-state index in [4.69, 9.17) is 16.9 Å². The molecule has 0 radical (unpaired) electrons. The van der Waals surface area contributed by atoms with Crippen LogP contribution in [0, 0.1) is 52.8 Å². The number of nitrogens with one attached hydrogen (secondary N) is 1. The predicted octanol–water partition coefficient (Wildman–Crippen LogP) is 1.66. The molecule has 6 aliphatic carbocycles. The number of ketones is 3. The van der Waals surface area contributed by atoms with Crippen molar-refractivity contribution in [2.75, 3.05) is 28.2 Å². The summed E-state index contributed by atoms with van der Waals surface area (Å²) in [6.45, 7) is 0. The number of nitrogens with two attached hydrogens (primary N) is 2. The van der Waals surface area contributed by atoms with E-state index >= 15 is 0 Å². The third-order valence-electron chi connectivity index (χ3n) is 14.6. The van der Waals surface area contributed by atoms with E-state index in [0.717, 1.165) is 0 Å². The molecular weight excluding hydrogens is 879 g/mol. The van der Waals surface area contributed by atoms with Crippen LogP contribution in [0.5, 0.6) is 11.5 Å². The van der Waals surface area contributed by atoms with Crippen LogP contribution in [-0.4, -0.2) is 137 Å². The van der Waals surface area contributed by atoms with Crippen LogP contribution >= 0.6 is 0 Å². The summed E-state index contributed by atoms with van der Waals surface area (Å²) in [7, 11) is 6.27. The maximum absolute atomic E-state index is 14.2. The quantitative estimate of drug-likeness (QED) is 0.107. The van der Waals surface area contributed by atoms with Gasteiger partial charge in [0.2, 0.25) is 11.6 Å². The topological polar surface area (TPSA) is 330 Å². The third kappa shape index (κ3) is 6.81. The lowest BCUT2D eigenvalue weighted by Crippen LogP contribution is -2.65. The molecule has 2 aromatic carbocycles. The van der Waals surface area contributed by atoms with E-state index in [1.807, 2.05) is 0 Å². The molecule has 2 amide bonds. The fourth-order valence-electron chi connectivity index (χ4n) is 11.5. The van der Waals surface area contributed by atoms with Crippen LogP contribution in [0.3, 0.4) is 0 Å². The van der Waals surface area contributed by atoms with Gasteiger partial charge in [-0.25, -0.2) is 0 Å². The number of amides is 2. The van der Waals surface area contributed by atoms with Crippen molar-refractivity contribution in [1.82, 2.24) is 9.80 Å². The molecule has 8 rings (SSSR count). The summed E-state index contributed by atoms with van der Waals surface area (Å²) in [6.07, 6.45) is 2.29. The van der Waals surface area contributed by atoms with Crippen LogP contribution in [0.25, 0.3) is 11.5 Å². The molecule has 2 fully saturated rings. The fourth-order valence-corrected chi connectivity index (χ4v) is 11.5. The molecule has 18 heteroatoms. The van der Waals surface area contributed by atoms with Crippen LogP contribution < -0.4 is 11.5 Å². The van der Waals surface area contributed by atoms with Gasteiger partial charge in [-0.2, -0.15) is 0 Å². The molecule has 6 aliphatic rings. The molecular formula is C50H51N5O13. The van der Waals surface area contributed by atoms with Crippen molar-refractivity contribution in [3.63, 3.8) is 0 Å². The summed E-state index contributed by atoms with van der Waals surface area (Å²) in [6, 6.07) is 3.65. The first-order chi connectivity index (χ1) is 32.0. The summed E-state index contributed by atoms with van der Waals surface area (Å²) in [5, 5.41) is 99.6. The highest BCUT2D eigenvalue weighted by atomic mass is 16.4. The smallest absolute Gasteiger partial charge is 0.255 e. The number of carbonyl (C=O) groups is 5. The molecule has 0 heterocycles. The number of nitrogens with zero attached hydrogens (tertiary/aromatic N) is 2. The maximum atomic E-state index is 14.2. The van der Waals surface area contributed by atoms with Crippen molar-refractivity contribution in [1.29, 1.82) is 5.41 Å². The van der Waals surface area contributed by atoms with E-state index in [1.165, 1.54) is 31.1 Å². The number of fused-ring (bicyclic) bond motifs is 6. The summed E-state index contributed by atoms with van der Waals surface area (Å²) in [5.74, 6) is -0.852. The van der Waals surface area contributed by atoms with Gasteiger partial charge in [-0.15, -0.1) is 0 Å². The van der Waals surface area contributed by atoms with Crippen LogP contribution in [0.2, 0.25) is 0 Å². The highest BCUT2D eigenvalue weighted by molar-refractivity contribution is 6.26. The number of phenolic OH excluding ortho intramolecular Hbond substituents is 2. The Morgan fingerprint density at radius 2 is 1.06 bits per heavy atom. The number of Topliss-reactive ketones (excluding diaryl/α,β-unsaturated/α-hetero) is 3. The highest BCUT2D eigenvalue weighted by Crippen LogP contribution is 2.55. The van der Waals surface area contributed by atoms with E-state index in [2.05, 4.69) is 23.7 Å². The second-order valence-corrected chi connectivity index (χ2v) is 18.8. The number of unbranched alkanes of at least 4 members (excludes halogenated alkanes) is 3. The Morgan fingerprint density at radius 1 is 0.662 bits per heavy atom. The van der Waals surface area contributed by atoms with Crippen LogP contribution in [-0.2, 0) is 36.8 Å². The van der Waals surface area contributed by atoms with E-state index in [-0.39, 0.29) is 65.2 Å². The molecule has 354 valence electrons. The Hall–Kier alpha value is -7.22. The Kier molecular flexibility index (Phi) is 11.7. The van der Waals surface area contributed by atoms with Crippen molar-refractivity contribution in [2.24, 2.45) is 35.1 Å². The van der Waals surface area contributed by atoms with Gasteiger partial charge in [-0.05, 0) is 114 Å². The monoisotopic (exact) mass is 929 g/mol. The lowest BCUT2D eigenvalue weighted by molar-refractivity contribution is -0.153. The molecule has 8 atom stereocenters. The average molecular weight is 930 g/mol. The molecule has 68 heavy (non-hydrogen) atoms. The second kappa shape index (κ2) is 16.8. The molecule has 2 aromatic rings. The first-order valence-corrected chi connectivity index (χ1v) is 22.0. The van der Waals surface area contributed by atoms with Gasteiger partial charge in [0.05, 0.1) is 28.9 Å². The maximum Gasteiger partial charge on any atom is 0.255 e. The van der Waals surface area contributed by atoms with E-state index < -0.39 is 110 Å². The number of benzene rings is 2. The second-order valence-electron chi connectivity index (χ2n) is 18.8. The number of primary amides is 2. The first-order valence-electron chi connectivity index (χ1n) is 22.0. The number of carbonyl (C=O) groups excluding carboxylic acids is 5. The molecule has 0 spiro atoms. The van der Waals surface area contributed by atoms with E-state index in [9.17, 15) is 64.8 Å². The zero-order valence-electron chi connectivity index (χ0n) is 37.6. The largest absolute Gasteiger partial charge is 0.508 e. The minimum absolute atomic E-state index is 0.0197. The van der Waals surface area contributed by atoms with Gasteiger partial charge >= 0.3 is 0 Å². The van der Waals surface area contributed by atoms with Crippen molar-refractivity contribution in [3.05, 3.63) is 91.5 Å². The minimum Gasteiger partial charge on any atom is -0.508 e. The number of hydrogen-bond acceptors (Lipinski definition) is 16. The Balaban J connectivity index is 0.989. The van der Waals surface area contributed by atoms with Crippen LogP contribution in [0.15, 0.2) is 58.1 Å². The molecule has 2 saturated carbocycles. The van der Waals surface area contributed by atoms with Gasteiger partial charge in [0.1, 0.15) is 45.7 Å². The zero-order valence-corrected chi connectivity index (χ0v) is 37.6. The summed E-state index contributed by atoms with van der Waals surface area (Å²) < 4.78 is 0. The zero-order chi connectivity index (χ0) is 49.6. The van der Waals surface area contributed by atoms with Gasteiger partial charge in [-0.3, -0.25) is 28.9 Å². The molecule has 0 aromatic heterocycles. The van der Waals surface area contributed by atoms with Gasteiger partial charge in [0, 0.05) is 47.0 Å². The normalized spacial score (nSPS) is 28.5. The summed E-state index contributed by atoms with van der Waals surface area (Å²) >= 11 is 0. The van der Waals surface area contributed by atoms with Crippen molar-refractivity contribution in [3.8, 4) is 35.2 Å². The predicted molar refractivity (Wildman–Crippen MR) is 243 cm³/mol. The SMILES string of the molecule is CN(C)[C@@H]1C(=N)C(C(N)=O)=C(O)[C@@]2(O)C(=O)C3=C(O)c4c(O)ccc(C#CCCCCC#Cc5ccc(O)c6c5CC5CC7[C@H](N(C)C)C(=O)C(C(N)=O)=C(O)[C@@]7(O)C(=O)C5=C6O)c4CC3CC12. The summed E-state index contributed by atoms with van der Waals surface area (Å²) in [5.41, 5.74) is 4.90. The Labute approximate surface area is 390 Å². The third-order valence-corrected chi connectivity index (χ3v) is 14.6. The lowest BCUT2D eigenvalue weighted by Gasteiger charge is -2.51. The molecule has 13 N–H and O–H groups in total. The minimum atomic E-state index is -2.74. The molecule has 0 aliphatic heterocycles. The van der Waals surface area contributed by atoms with Crippen molar-refractivity contribution >= 4 is 46.4 Å². The molecule has 0 bridgehead atoms. The standard InChI is InChI=1S/C50H51N5O13/c1-54(2)38-27-19-23-17-25-21(13-15-29(56)33(25)40(58)31(23)43(61)49(27,67)45(63)35(37(38)51)47(52)65)11-9-7-5-6-8-10-12-22-14-16-30(57)34-26(22)18-24-20-28-39(55(3)4)42(60)36(48(53)66)46(64)50(28,68)44(62)32(24)41(34)59/h13-16,23-24,27-28,38-39,51,56-59,63-64,67-68H,5-8,17-20H2,1-4H3,(H2,52,65)(H2,53,66)/t23?,24?,27?,28?,38-,39-,49-,50-/m0/s1. The number of rotatable bonds is 7. The van der Waals surface area contributed by atoms with Crippen LogP contribution in [0.1, 0.15) is 71.9 Å². The number of aliphatic hydroxyl groups excluding tert-OH is 4. The van der Waals surface area contributed by atoms with Gasteiger partial charge in [0.15, 0.2) is 17.0 Å². The van der Waals surface area contributed by atoms with Crippen LogP contribution in [0.4, 0.5) is 0 Å². The number of hydrogen-bond donors (Lipinski definition) is 11. The Morgan fingerprint density at radius 3 is 1.46 bits per heavy atom. The van der Waals surface area contributed by atoms with Gasteiger partial charge < -0.3 is 62.6 Å². The molecule has 0 saturated heterocycles. The van der Waals surface area contributed by atoms with E-state index in [1.54, 1.807) is 31.1 Å². The van der Waals surface area contributed by atoms with Gasteiger partial charge in [-0.1, -0.05) is 23.7 Å². The molecule has 4 unspecified atom stereocenters. The van der Waals surface area contributed by atoms with Gasteiger partial charge in [0.25, 0.3) is 11.8 Å². The Bertz CT molecular complexity index is 2760. The average Bonchev–Trinajstić information content (AvgIpc) is 3.25. The number of likely N-dealkylation sites (N-methyl/N-ethyl adjacent to an activating group) is 1. The fraction of sp³-hybridized carbons (Fsp3) is 0.400. The molecule has 18 nitrogen and oxygen atoms in total. The number of aliphatic hydroxyl groups is 6. The number of aromatic hydroxyl groups is 2. The van der Waals surface area contributed by atoms with Crippen molar-refractivity contribution in [2.45, 2.75) is 74.7 Å². The van der Waals surface area contributed by atoms with Crippen molar-refractivity contribution < 1.29 is 64.8 Å². The lowest BCUT2D eigenvalue weighted by atomic mass is 9.57. The highest BCUT2D eigenvalue weighted by Gasteiger charge is 2.65.